The van der Waals surface area contributed by atoms with Gasteiger partial charge in [0, 0.05) is 19.1 Å². The monoisotopic (exact) mass is 275 g/mol. The van der Waals surface area contributed by atoms with Crippen molar-refractivity contribution in [3.05, 3.63) is 35.9 Å². The molecule has 0 spiro atoms. The number of benzene rings is 1. The Morgan fingerprint density at radius 2 is 1.75 bits per heavy atom. The molecule has 2 N–H and O–H groups in total. The summed E-state index contributed by atoms with van der Waals surface area (Å²) in [7, 11) is 1.82. The zero-order chi connectivity index (χ0) is 14.8. The molecule has 0 heterocycles. The van der Waals surface area contributed by atoms with Crippen molar-refractivity contribution in [1.29, 1.82) is 0 Å². The van der Waals surface area contributed by atoms with Gasteiger partial charge < -0.3 is 10.6 Å². The van der Waals surface area contributed by atoms with E-state index in [2.05, 4.69) is 66.7 Å². The number of guanidine groups is 1. The van der Waals surface area contributed by atoms with Crippen LogP contribution in [0.1, 0.15) is 45.6 Å². The van der Waals surface area contributed by atoms with E-state index in [1.165, 1.54) is 31.2 Å². The summed E-state index contributed by atoms with van der Waals surface area (Å²) < 4.78 is 0. The Morgan fingerprint density at radius 3 is 2.35 bits per heavy atom. The second kappa shape index (κ2) is 8.62. The highest BCUT2D eigenvalue weighted by Crippen LogP contribution is 2.05. The second-order valence-corrected chi connectivity index (χ2v) is 6.17. The second-order valence-electron chi connectivity index (χ2n) is 6.17. The highest BCUT2D eigenvalue weighted by atomic mass is 15.2. The van der Waals surface area contributed by atoms with Gasteiger partial charge in [0.1, 0.15) is 0 Å². The molecule has 0 saturated heterocycles. The summed E-state index contributed by atoms with van der Waals surface area (Å²) in [6.07, 6.45) is 4.85. The molecule has 0 aliphatic carbocycles. The van der Waals surface area contributed by atoms with E-state index in [1.54, 1.807) is 0 Å². The third kappa shape index (κ3) is 7.82. The van der Waals surface area contributed by atoms with E-state index in [4.69, 9.17) is 0 Å². The van der Waals surface area contributed by atoms with Gasteiger partial charge in [0.05, 0.1) is 0 Å². The van der Waals surface area contributed by atoms with E-state index in [-0.39, 0.29) is 5.54 Å². The number of unbranched alkanes of at least 4 members (excludes halogenated alkanes) is 2. The highest BCUT2D eigenvalue weighted by molar-refractivity contribution is 5.80. The first-order valence-electron chi connectivity index (χ1n) is 7.54. The van der Waals surface area contributed by atoms with Crippen molar-refractivity contribution in [2.45, 2.75) is 52.0 Å². The Labute approximate surface area is 123 Å². The number of hydrogen-bond donors (Lipinski definition) is 2. The van der Waals surface area contributed by atoms with Gasteiger partial charge in [0.15, 0.2) is 5.96 Å². The fourth-order valence-electron chi connectivity index (χ4n) is 2.02. The molecular formula is C17H29N3. The highest BCUT2D eigenvalue weighted by Gasteiger charge is 2.10. The van der Waals surface area contributed by atoms with Gasteiger partial charge in [-0.1, -0.05) is 36.8 Å². The number of aliphatic imine (C=N–C) groups is 1. The van der Waals surface area contributed by atoms with Crippen LogP contribution in [0.2, 0.25) is 0 Å². The maximum atomic E-state index is 4.23. The summed E-state index contributed by atoms with van der Waals surface area (Å²) in [6, 6.07) is 10.7. The molecule has 3 heteroatoms. The molecule has 0 bridgehead atoms. The van der Waals surface area contributed by atoms with E-state index >= 15 is 0 Å². The van der Waals surface area contributed by atoms with Crippen LogP contribution in [-0.4, -0.2) is 25.1 Å². The third-order valence-corrected chi connectivity index (χ3v) is 2.99. The molecule has 0 amide bonds. The molecule has 0 saturated carbocycles. The van der Waals surface area contributed by atoms with Crippen LogP contribution >= 0.6 is 0 Å². The topological polar surface area (TPSA) is 36.4 Å². The van der Waals surface area contributed by atoms with Gasteiger partial charge in [0.25, 0.3) is 0 Å². The van der Waals surface area contributed by atoms with Crippen LogP contribution in [0.5, 0.6) is 0 Å². The van der Waals surface area contributed by atoms with Gasteiger partial charge in [-0.25, -0.2) is 0 Å². The minimum Gasteiger partial charge on any atom is -0.356 e. The molecule has 3 nitrogen and oxygen atoms in total. The summed E-state index contributed by atoms with van der Waals surface area (Å²) in [5.74, 6) is 0.889. The zero-order valence-corrected chi connectivity index (χ0v) is 13.4. The molecular weight excluding hydrogens is 246 g/mol. The van der Waals surface area contributed by atoms with Gasteiger partial charge in [0.2, 0.25) is 0 Å². The van der Waals surface area contributed by atoms with E-state index in [9.17, 15) is 0 Å². The zero-order valence-electron chi connectivity index (χ0n) is 13.4. The lowest BCUT2D eigenvalue weighted by atomic mass is 10.1. The van der Waals surface area contributed by atoms with Crippen molar-refractivity contribution in [3.8, 4) is 0 Å². The lowest BCUT2D eigenvalue weighted by Gasteiger charge is -2.23. The van der Waals surface area contributed by atoms with Gasteiger partial charge in [-0.05, 0) is 45.6 Å². The van der Waals surface area contributed by atoms with Crippen LogP contribution in [0.3, 0.4) is 0 Å². The molecule has 1 aromatic carbocycles. The SMILES string of the molecule is CN=C(NCCCCCc1ccccc1)NC(C)(C)C. The fraction of sp³-hybridized carbons (Fsp3) is 0.588. The van der Waals surface area contributed by atoms with E-state index in [0.29, 0.717) is 0 Å². The molecule has 0 aliphatic rings. The minimum absolute atomic E-state index is 0.0507. The lowest BCUT2D eigenvalue weighted by molar-refractivity contribution is 0.500. The Hall–Kier alpha value is -1.51. The maximum Gasteiger partial charge on any atom is 0.191 e. The predicted molar refractivity (Wildman–Crippen MR) is 88.2 cm³/mol. The molecule has 1 rings (SSSR count). The normalized spacial score (nSPS) is 12.3. The fourth-order valence-corrected chi connectivity index (χ4v) is 2.02. The largest absolute Gasteiger partial charge is 0.356 e. The van der Waals surface area contributed by atoms with Gasteiger partial charge in [-0.2, -0.15) is 0 Å². The number of aryl methyl sites for hydroxylation is 1. The molecule has 0 aromatic heterocycles. The van der Waals surface area contributed by atoms with Crippen LogP contribution < -0.4 is 10.6 Å². The van der Waals surface area contributed by atoms with Crippen molar-refractivity contribution in [2.24, 2.45) is 4.99 Å². The molecule has 0 atom stereocenters. The molecule has 1 aromatic rings. The minimum atomic E-state index is 0.0507. The average molecular weight is 275 g/mol. The summed E-state index contributed by atoms with van der Waals surface area (Å²) >= 11 is 0. The predicted octanol–water partition coefficient (Wildman–Crippen LogP) is 3.36. The molecule has 0 unspecified atom stereocenters. The van der Waals surface area contributed by atoms with Crippen molar-refractivity contribution >= 4 is 5.96 Å². The molecule has 0 fully saturated rings. The smallest absolute Gasteiger partial charge is 0.191 e. The van der Waals surface area contributed by atoms with Crippen LogP contribution in [-0.2, 0) is 6.42 Å². The molecule has 0 aliphatic heterocycles. The van der Waals surface area contributed by atoms with Crippen molar-refractivity contribution in [3.63, 3.8) is 0 Å². The Bertz CT molecular complexity index is 390. The van der Waals surface area contributed by atoms with Crippen molar-refractivity contribution < 1.29 is 0 Å². The molecule has 112 valence electrons. The molecule has 0 radical (unpaired) electrons. The van der Waals surface area contributed by atoms with Gasteiger partial charge in [-0.15, -0.1) is 0 Å². The summed E-state index contributed by atoms with van der Waals surface area (Å²) in [6.45, 7) is 7.39. The van der Waals surface area contributed by atoms with Crippen LogP contribution in [0, 0.1) is 0 Å². The van der Waals surface area contributed by atoms with Crippen LogP contribution in [0.4, 0.5) is 0 Å². The lowest BCUT2D eigenvalue weighted by Crippen LogP contribution is -2.47. The summed E-state index contributed by atoms with van der Waals surface area (Å²) in [5, 5.41) is 6.73. The van der Waals surface area contributed by atoms with Gasteiger partial charge in [-0.3, -0.25) is 4.99 Å². The van der Waals surface area contributed by atoms with Crippen LogP contribution in [0.25, 0.3) is 0 Å². The van der Waals surface area contributed by atoms with E-state index in [1.807, 2.05) is 7.05 Å². The first-order chi connectivity index (χ1) is 9.51. The first-order valence-corrected chi connectivity index (χ1v) is 7.54. The molecule has 20 heavy (non-hydrogen) atoms. The van der Waals surface area contributed by atoms with E-state index in [0.717, 1.165) is 12.5 Å². The average Bonchev–Trinajstić information content (AvgIpc) is 2.41. The van der Waals surface area contributed by atoms with Crippen LogP contribution in [0.15, 0.2) is 35.3 Å². The summed E-state index contributed by atoms with van der Waals surface area (Å²) in [5.41, 5.74) is 1.49. The van der Waals surface area contributed by atoms with Gasteiger partial charge >= 0.3 is 0 Å². The number of nitrogens with one attached hydrogen (secondary N) is 2. The quantitative estimate of drug-likeness (QED) is 0.474. The Balaban J connectivity index is 2.10. The number of hydrogen-bond acceptors (Lipinski definition) is 1. The standard InChI is InChI=1S/C17H29N3/c1-17(2,3)20-16(18-4)19-14-10-6-9-13-15-11-7-5-8-12-15/h5,7-8,11-12H,6,9-10,13-14H2,1-4H3,(H2,18,19,20). The maximum absolute atomic E-state index is 4.23. The Kier molecular flexibility index (Phi) is 7.13. The summed E-state index contributed by atoms with van der Waals surface area (Å²) in [4.78, 5) is 4.23. The Morgan fingerprint density at radius 1 is 1.05 bits per heavy atom. The van der Waals surface area contributed by atoms with E-state index < -0.39 is 0 Å². The number of nitrogens with zero attached hydrogens (tertiary/aromatic N) is 1. The number of rotatable bonds is 6. The first kappa shape index (κ1) is 16.5. The van der Waals surface area contributed by atoms with Crippen molar-refractivity contribution in [2.75, 3.05) is 13.6 Å². The van der Waals surface area contributed by atoms with Crippen molar-refractivity contribution in [1.82, 2.24) is 10.6 Å². The third-order valence-electron chi connectivity index (χ3n) is 2.99.